The van der Waals surface area contributed by atoms with Crippen LogP contribution in [0.3, 0.4) is 0 Å². The number of hydrogen-bond acceptors (Lipinski definition) is 5. The molecule has 0 aromatic heterocycles. The van der Waals surface area contributed by atoms with Crippen LogP contribution in [0.4, 0.5) is 4.79 Å². The number of methoxy groups -OCH3 is 1. The Morgan fingerprint density at radius 3 is 2.13 bits per heavy atom. The molecule has 0 radical (unpaired) electrons. The highest BCUT2D eigenvalue weighted by Gasteiger charge is 2.29. The molecule has 166 valence electrons. The monoisotopic (exact) mass is 428 g/mol. The van der Waals surface area contributed by atoms with E-state index in [1.165, 1.54) is 0 Å². The Morgan fingerprint density at radius 2 is 1.58 bits per heavy atom. The smallest absolute Gasteiger partial charge is 0.408 e. The molecule has 31 heavy (non-hydrogen) atoms. The summed E-state index contributed by atoms with van der Waals surface area (Å²) in [5.41, 5.74) is 1.54. The van der Waals surface area contributed by atoms with Crippen LogP contribution < -0.4 is 15.4 Å². The maximum absolute atomic E-state index is 12.7. The molecule has 3 N–H and O–H groups in total. The topological polar surface area (TPSA) is 114 Å². The zero-order chi connectivity index (χ0) is 22.8. The first kappa shape index (κ1) is 23.7. The van der Waals surface area contributed by atoms with Crippen molar-refractivity contribution in [3.05, 3.63) is 65.7 Å². The van der Waals surface area contributed by atoms with E-state index in [1.54, 1.807) is 45.2 Å². The van der Waals surface area contributed by atoms with Crippen LogP contribution in [-0.4, -0.2) is 42.3 Å². The molecular weight excluding hydrogens is 400 g/mol. The van der Waals surface area contributed by atoms with E-state index in [-0.39, 0.29) is 18.9 Å². The molecule has 0 aliphatic rings. The lowest BCUT2D eigenvalue weighted by Crippen LogP contribution is -2.54. The van der Waals surface area contributed by atoms with Crippen LogP contribution in [0.15, 0.2) is 54.6 Å². The van der Waals surface area contributed by atoms with Crippen molar-refractivity contribution >= 4 is 18.0 Å². The maximum Gasteiger partial charge on any atom is 0.408 e. The maximum atomic E-state index is 12.7. The normalized spacial score (nSPS) is 12.5. The lowest BCUT2D eigenvalue weighted by Gasteiger charge is -2.24. The van der Waals surface area contributed by atoms with Crippen molar-refractivity contribution in [3.63, 3.8) is 0 Å². The molecule has 2 aromatic rings. The van der Waals surface area contributed by atoms with Gasteiger partial charge in [0.15, 0.2) is 0 Å². The van der Waals surface area contributed by atoms with Crippen molar-refractivity contribution in [2.45, 2.75) is 39.0 Å². The number of nitrogens with one attached hydrogen (secondary N) is 2. The molecule has 8 nitrogen and oxygen atoms in total. The zero-order valence-corrected chi connectivity index (χ0v) is 17.8. The molecule has 0 saturated carbocycles. The fraction of sp³-hybridized carbons (Fsp3) is 0.348. The molecule has 8 heteroatoms. The summed E-state index contributed by atoms with van der Waals surface area (Å²) in [5, 5.41) is 14.6. The fourth-order valence-electron chi connectivity index (χ4n) is 2.89. The molecule has 0 bridgehead atoms. The minimum atomic E-state index is -1.17. The molecule has 2 atom stereocenters. The van der Waals surface area contributed by atoms with Gasteiger partial charge in [0.25, 0.3) is 0 Å². The standard InChI is InChI=1S/C23H28N2O6/c1-15(2)20(25-23(29)31-14-17-7-5-4-6-8-17)21(26)24-19(22(27)28)13-16-9-11-18(30-3)12-10-16/h4-12,15,19-20H,13-14H2,1-3H3,(H,24,26)(H,25,29)(H,27,28)/t19-,20+/m0/s1. The Morgan fingerprint density at radius 1 is 0.935 bits per heavy atom. The van der Waals surface area contributed by atoms with Crippen molar-refractivity contribution in [2.24, 2.45) is 5.92 Å². The molecule has 0 heterocycles. The van der Waals surface area contributed by atoms with E-state index in [0.29, 0.717) is 5.75 Å². The number of hydrogen-bond donors (Lipinski definition) is 3. The average Bonchev–Trinajstić information content (AvgIpc) is 2.76. The number of carbonyl (C=O) groups is 3. The van der Waals surface area contributed by atoms with Gasteiger partial charge in [-0.2, -0.15) is 0 Å². The zero-order valence-electron chi connectivity index (χ0n) is 17.8. The number of ether oxygens (including phenoxy) is 2. The number of aliphatic carboxylic acids is 1. The molecule has 0 spiro atoms. The lowest BCUT2D eigenvalue weighted by atomic mass is 10.0. The van der Waals surface area contributed by atoms with Crippen LogP contribution in [0.2, 0.25) is 0 Å². The van der Waals surface area contributed by atoms with E-state index in [0.717, 1.165) is 11.1 Å². The van der Waals surface area contributed by atoms with Crippen molar-refractivity contribution in [2.75, 3.05) is 7.11 Å². The predicted octanol–water partition coefficient (Wildman–Crippen LogP) is 2.76. The second-order valence-corrected chi connectivity index (χ2v) is 7.38. The summed E-state index contributed by atoms with van der Waals surface area (Å²) in [6.45, 7) is 3.57. The summed E-state index contributed by atoms with van der Waals surface area (Å²) >= 11 is 0. The molecule has 2 aromatic carbocycles. The molecule has 2 amide bonds. The Labute approximate surface area is 181 Å². The van der Waals surface area contributed by atoms with Gasteiger partial charge in [0.2, 0.25) is 5.91 Å². The summed E-state index contributed by atoms with van der Waals surface area (Å²) in [6.07, 6.45) is -0.659. The third-order valence-corrected chi connectivity index (χ3v) is 4.65. The van der Waals surface area contributed by atoms with E-state index >= 15 is 0 Å². The minimum Gasteiger partial charge on any atom is -0.497 e. The van der Waals surface area contributed by atoms with Gasteiger partial charge in [-0.1, -0.05) is 56.3 Å². The summed E-state index contributed by atoms with van der Waals surface area (Å²) in [6, 6.07) is 14.0. The van der Waals surface area contributed by atoms with Gasteiger partial charge in [0.1, 0.15) is 24.4 Å². The Hall–Kier alpha value is -3.55. The number of alkyl carbamates (subject to hydrolysis) is 1. The molecule has 0 unspecified atom stereocenters. The second-order valence-electron chi connectivity index (χ2n) is 7.38. The predicted molar refractivity (Wildman–Crippen MR) is 115 cm³/mol. The van der Waals surface area contributed by atoms with Gasteiger partial charge in [-0.25, -0.2) is 9.59 Å². The van der Waals surface area contributed by atoms with Crippen LogP contribution in [0, 0.1) is 5.92 Å². The quantitative estimate of drug-likeness (QED) is 0.536. The van der Waals surface area contributed by atoms with Crippen LogP contribution in [0.5, 0.6) is 5.75 Å². The lowest BCUT2D eigenvalue weighted by molar-refractivity contribution is -0.142. The summed E-state index contributed by atoms with van der Waals surface area (Å²) in [4.78, 5) is 36.6. The molecule has 0 aliphatic carbocycles. The van der Waals surface area contributed by atoms with Gasteiger partial charge in [-0.05, 0) is 29.2 Å². The number of carboxylic acids is 1. The first-order valence-corrected chi connectivity index (χ1v) is 9.93. The Bertz CT molecular complexity index is 867. The molecular formula is C23H28N2O6. The molecule has 0 aliphatic heterocycles. The third-order valence-electron chi connectivity index (χ3n) is 4.65. The molecule has 0 saturated heterocycles. The minimum absolute atomic E-state index is 0.0638. The largest absolute Gasteiger partial charge is 0.497 e. The fourth-order valence-corrected chi connectivity index (χ4v) is 2.89. The first-order chi connectivity index (χ1) is 14.8. The number of rotatable bonds is 10. The van der Waals surface area contributed by atoms with Gasteiger partial charge in [0, 0.05) is 6.42 Å². The van der Waals surface area contributed by atoms with Crippen LogP contribution in [0.1, 0.15) is 25.0 Å². The highest BCUT2D eigenvalue weighted by atomic mass is 16.5. The van der Waals surface area contributed by atoms with E-state index in [4.69, 9.17) is 9.47 Å². The van der Waals surface area contributed by atoms with E-state index in [2.05, 4.69) is 10.6 Å². The van der Waals surface area contributed by atoms with Gasteiger partial charge in [-0.3, -0.25) is 4.79 Å². The van der Waals surface area contributed by atoms with E-state index in [1.807, 2.05) is 30.3 Å². The van der Waals surface area contributed by atoms with E-state index < -0.39 is 30.1 Å². The van der Waals surface area contributed by atoms with Crippen LogP contribution in [0.25, 0.3) is 0 Å². The van der Waals surface area contributed by atoms with Gasteiger partial charge < -0.3 is 25.2 Å². The van der Waals surface area contributed by atoms with Gasteiger partial charge in [-0.15, -0.1) is 0 Å². The highest BCUT2D eigenvalue weighted by Crippen LogP contribution is 2.13. The second kappa shape index (κ2) is 11.6. The van der Waals surface area contributed by atoms with Crippen molar-refractivity contribution in [1.82, 2.24) is 10.6 Å². The SMILES string of the molecule is COc1ccc(C[C@H](NC(=O)[C@H](NC(=O)OCc2ccccc2)C(C)C)C(=O)O)cc1. The summed E-state index contributed by atoms with van der Waals surface area (Å²) < 4.78 is 10.3. The Balaban J connectivity index is 1.97. The summed E-state index contributed by atoms with van der Waals surface area (Å²) in [5.74, 6) is -1.39. The Kier molecular flexibility index (Phi) is 8.87. The first-order valence-electron chi connectivity index (χ1n) is 9.93. The van der Waals surface area contributed by atoms with Crippen LogP contribution in [-0.2, 0) is 27.4 Å². The average molecular weight is 428 g/mol. The molecule has 0 fully saturated rings. The number of amides is 2. The van der Waals surface area contributed by atoms with Gasteiger partial charge in [0.05, 0.1) is 7.11 Å². The molecule has 2 rings (SSSR count). The van der Waals surface area contributed by atoms with Crippen molar-refractivity contribution < 1.29 is 29.0 Å². The number of carboxylic acid groups (broad SMARTS) is 1. The number of benzene rings is 2. The van der Waals surface area contributed by atoms with Crippen LogP contribution >= 0.6 is 0 Å². The number of carbonyl (C=O) groups excluding carboxylic acids is 2. The third kappa shape index (κ3) is 7.65. The van der Waals surface area contributed by atoms with Crippen molar-refractivity contribution in [1.29, 1.82) is 0 Å². The van der Waals surface area contributed by atoms with Gasteiger partial charge >= 0.3 is 12.1 Å². The summed E-state index contributed by atoms with van der Waals surface area (Å²) in [7, 11) is 1.54. The highest BCUT2D eigenvalue weighted by molar-refractivity contribution is 5.89. The van der Waals surface area contributed by atoms with E-state index in [9.17, 15) is 19.5 Å². The van der Waals surface area contributed by atoms with Crippen molar-refractivity contribution in [3.8, 4) is 5.75 Å².